The molecule has 0 aromatic heterocycles. The van der Waals surface area contributed by atoms with Crippen molar-refractivity contribution in [3.8, 4) is 0 Å². The number of fused-ring (bicyclic) bond motifs is 1. The molecule has 102 valence electrons. The molecule has 18 heavy (non-hydrogen) atoms. The third-order valence-corrected chi connectivity index (χ3v) is 5.46. The summed E-state index contributed by atoms with van der Waals surface area (Å²) in [6, 6.07) is 0. The number of amidine groups is 1. The second-order valence-corrected chi connectivity index (χ2v) is 6.60. The van der Waals surface area contributed by atoms with E-state index in [1.54, 1.807) is 0 Å². The van der Waals surface area contributed by atoms with Gasteiger partial charge in [-0.1, -0.05) is 39.0 Å². The van der Waals surface area contributed by atoms with E-state index in [9.17, 15) is 0 Å². The summed E-state index contributed by atoms with van der Waals surface area (Å²) < 4.78 is 0. The van der Waals surface area contributed by atoms with E-state index in [0.717, 1.165) is 24.3 Å². The van der Waals surface area contributed by atoms with Gasteiger partial charge in [-0.05, 0) is 31.1 Å². The van der Waals surface area contributed by atoms with E-state index in [2.05, 4.69) is 11.8 Å². The van der Waals surface area contributed by atoms with Crippen LogP contribution in [-0.4, -0.2) is 30.4 Å². The summed E-state index contributed by atoms with van der Waals surface area (Å²) >= 11 is 0. The summed E-state index contributed by atoms with van der Waals surface area (Å²) in [5.41, 5.74) is 0. The van der Waals surface area contributed by atoms with Crippen LogP contribution in [0.2, 0.25) is 0 Å². The molecule has 0 spiro atoms. The average Bonchev–Trinajstić information content (AvgIpc) is 2.83. The van der Waals surface area contributed by atoms with Crippen LogP contribution in [0.4, 0.5) is 0 Å². The van der Waals surface area contributed by atoms with Gasteiger partial charge in [-0.15, -0.1) is 0 Å². The van der Waals surface area contributed by atoms with Gasteiger partial charge < -0.3 is 4.90 Å². The van der Waals surface area contributed by atoms with Crippen molar-refractivity contribution in [1.29, 1.82) is 0 Å². The van der Waals surface area contributed by atoms with Crippen molar-refractivity contribution in [3.05, 3.63) is 0 Å². The molecule has 0 amide bonds. The first-order chi connectivity index (χ1) is 8.86. The topological polar surface area (TPSA) is 15.6 Å². The first-order valence-electron chi connectivity index (χ1n) is 8.16. The molecule has 3 aliphatic rings. The Morgan fingerprint density at radius 3 is 2.61 bits per heavy atom. The van der Waals surface area contributed by atoms with Gasteiger partial charge in [0.1, 0.15) is 5.84 Å². The fourth-order valence-electron chi connectivity index (χ4n) is 4.23. The predicted molar refractivity (Wildman–Crippen MR) is 77.0 cm³/mol. The molecule has 2 heteroatoms. The first kappa shape index (κ1) is 12.5. The summed E-state index contributed by atoms with van der Waals surface area (Å²) in [5, 5.41) is 0. The van der Waals surface area contributed by atoms with Gasteiger partial charge in [-0.25, -0.2) is 0 Å². The number of rotatable bonds is 3. The molecule has 2 nitrogen and oxygen atoms in total. The number of hydrogen-bond acceptors (Lipinski definition) is 2. The van der Waals surface area contributed by atoms with Crippen LogP contribution in [0.25, 0.3) is 0 Å². The quantitative estimate of drug-likeness (QED) is 0.743. The molecule has 0 N–H and O–H groups in total. The van der Waals surface area contributed by atoms with E-state index >= 15 is 0 Å². The van der Waals surface area contributed by atoms with Crippen LogP contribution in [0, 0.1) is 17.8 Å². The maximum atomic E-state index is 4.81. The van der Waals surface area contributed by atoms with E-state index in [1.165, 1.54) is 70.3 Å². The summed E-state index contributed by atoms with van der Waals surface area (Å²) in [5.74, 6) is 4.34. The lowest BCUT2D eigenvalue weighted by atomic mass is 9.77. The van der Waals surface area contributed by atoms with Crippen molar-refractivity contribution in [3.63, 3.8) is 0 Å². The highest BCUT2D eigenvalue weighted by Gasteiger charge is 2.33. The van der Waals surface area contributed by atoms with Crippen LogP contribution in [-0.2, 0) is 0 Å². The zero-order chi connectivity index (χ0) is 12.4. The van der Waals surface area contributed by atoms with Crippen LogP contribution in [0.5, 0.6) is 0 Å². The summed E-state index contributed by atoms with van der Waals surface area (Å²) in [7, 11) is 0. The smallest absolute Gasteiger partial charge is 0.102 e. The lowest BCUT2D eigenvalue weighted by Gasteiger charge is -2.30. The van der Waals surface area contributed by atoms with Gasteiger partial charge in [0.05, 0.1) is 0 Å². The monoisotopic (exact) mass is 248 g/mol. The van der Waals surface area contributed by atoms with Crippen LogP contribution in [0.3, 0.4) is 0 Å². The largest absolute Gasteiger partial charge is 0.360 e. The highest BCUT2D eigenvalue weighted by Crippen LogP contribution is 2.37. The Morgan fingerprint density at radius 1 is 1.06 bits per heavy atom. The lowest BCUT2D eigenvalue weighted by molar-refractivity contribution is 0.246. The van der Waals surface area contributed by atoms with E-state index < -0.39 is 0 Å². The molecule has 3 rings (SSSR count). The maximum Gasteiger partial charge on any atom is 0.102 e. The highest BCUT2D eigenvalue weighted by atomic mass is 15.2. The normalized spacial score (nSPS) is 36.4. The third kappa shape index (κ3) is 2.57. The fourth-order valence-corrected chi connectivity index (χ4v) is 4.23. The molecule has 0 bridgehead atoms. The van der Waals surface area contributed by atoms with E-state index in [1.807, 2.05) is 0 Å². The van der Waals surface area contributed by atoms with Gasteiger partial charge in [0.25, 0.3) is 0 Å². The molecule has 2 aliphatic heterocycles. The highest BCUT2D eigenvalue weighted by molar-refractivity contribution is 5.87. The summed E-state index contributed by atoms with van der Waals surface area (Å²) in [6.07, 6.45) is 11.4. The molecule has 0 aromatic carbocycles. The molecule has 1 aliphatic carbocycles. The summed E-state index contributed by atoms with van der Waals surface area (Å²) in [4.78, 5) is 7.37. The van der Waals surface area contributed by atoms with Crippen molar-refractivity contribution in [2.45, 2.75) is 58.3 Å². The second-order valence-electron chi connectivity index (χ2n) is 6.60. The van der Waals surface area contributed by atoms with Crippen molar-refractivity contribution in [1.82, 2.24) is 4.90 Å². The number of nitrogens with zero attached hydrogens (tertiary/aromatic N) is 2. The minimum Gasteiger partial charge on any atom is -0.360 e. The molecule has 0 aromatic rings. The maximum absolute atomic E-state index is 4.81. The Morgan fingerprint density at radius 2 is 1.83 bits per heavy atom. The summed E-state index contributed by atoms with van der Waals surface area (Å²) in [6.45, 7) is 6.01. The Balaban J connectivity index is 1.53. The predicted octanol–water partition coefficient (Wildman–Crippen LogP) is 3.72. The van der Waals surface area contributed by atoms with Gasteiger partial charge in [0, 0.05) is 25.6 Å². The van der Waals surface area contributed by atoms with E-state index in [4.69, 9.17) is 4.99 Å². The molecular weight excluding hydrogens is 220 g/mol. The molecule has 2 heterocycles. The molecule has 1 unspecified atom stereocenters. The molecule has 2 fully saturated rings. The number of aliphatic imine (C=N–C) groups is 1. The Hall–Kier alpha value is -0.530. The van der Waals surface area contributed by atoms with Crippen LogP contribution < -0.4 is 0 Å². The van der Waals surface area contributed by atoms with Gasteiger partial charge >= 0.3 is 0 Å². The molecular formula is C16H28N2. The van der Waals surface area contributed by atoms with Crippen LogP contribution in [0.1, 0.15) is 58.3 Å². The molecule has 1 saturated heterocycles. The van der Waals surface area contributed by atoms with Gasteiger partial charge in [-0.3, -0.25) is 4.99 Å². The van der Waals surface area contributed by atoms with Crippen molar-refractivity contribution >= 4 is 5.84 Å². The van der Waals surface area contributed by atoms with Gasteiger partial charge in [0.2, 0.25) is 0 Å². The molecule has 0 radical (unpaired) electrons. The zero-order valence-corrected chi connectivity index (χ0v) is 11.9. The minimum absolute atomic E-state index is 0.813. The van der Waals surface area contributed by atoms with Gasteiger partial charge in [0.15, 0.2) is 0 Å². The first-order valence-corrected chi connectivity index (χ1v) is 8.16. The lowest BCUT2D eigenvalue weighted by Crippen LogP contribution is -2.33. The Bertz CT molecular complexity index is 302. The van der Waals surface area contributed by atoms with Crippen molar-refractivity contribution in [2.75, 3.05) is 19.6 Å². The SMILES string of the molecule is CCC1CCC(CC2CCN3CCCN=C23)CC1. The molecule has 1 atom stereocenters. The average molecular weight is 248 g/mol. The standard InChI is InChI=1S/C16H28N2/c1-2-13-4-6-14(7-5-13)12-15-8-11-18-10-3-9-17-16(15)18/h13-15H,2-12H2,1H3. The fraction of sp³-hybridized carbons (Fsp3) is 0.938. The van der Waals surface area contributed by atoms with E-state index in [-0.39, 0.29) is 0 Å². The van der Waals surface area contributed by atoms with Crippen LogP contribution >= 0.6 is 0 Å². The zero-order valence-electron chi connectivity index (χ0n) is 11.9. The Labute approximate surface area is 112 Å². The van der Waals surface area contributed by atoms with Crippen molar-refractivity contribution < 1.29 is 0 Å². The van der Waals surface area contributed by atoms with Crippen molar-refractivity contribution in [2.24, 2.45) is 22.7 Å². The van der Waals surface area contributed by atoms with E-state index in [0.29, 0.717) is 0 Å². The van der Waals surface area contributed by atoms with Crippen LogP contribution in [0.15, 0.2) is 4.99 Å². The molecule has 1 saturated carbocycles. The van der Waals surface area contributed by atoms with Gasteiger partial charge in [-0.2, -0.15) is 0 Å². The minimum atomic E-state index is 0.813. The number of hydrogen-bond donors (Lipinski definition) is 0. The second kappa shape index (κ2) is 5.63. The third-order valence-electron chi connectivity index (χ3n) is 5.46. The Kier molecular flexibility index (Phi) is 3.91.